The summed E-state index contributed by atoms with van der Waals surface area (Å²) in [6, 6.07) is 15.1. The molecule has 0 atom stereocenters. The Kier molecular flexibility index (Phi) is 6.83. The summed E-state index contributed by atoms with van der Waals surface area (Å²) < 4.78 is 44.8. The maximum Gasteiger partial charge on any atom is 0.416 e. The van der Waals surface area contributed by atoms with Crippen molar-refractivity contribution in [1.29, 1.82) is 0 Å². The summed E-state index contributed by atoms with van der Waals surface area (Å²) in [4.78, 5) is 24.8. The van der Waals surface area contributed by atoms with Crippen LogP contribution in [0.5, 0.6) is 0 Å². The maximum absolute atomic E-state index is 13.1. The molecule has 0 saturated carbocycles. The zero-order chi connectivity index (χ0) is 23.1. The van der Waals surface area contributed by atoms with Gasteiger partial charge in [-0.05, 0) is 23.8 Å². The number of anilines is 1. The highest BCUT2D eigenvalue weighted by molar-refractivity contribution is 5.98. The molecule has 0 radical (unpaired) electrons. The van der Waals surface area contributed by atoms with Crippen molar-refractivity contribution in [2.24, 2.45) is 5.10 Å². The lowest BCUT2D eigenvalue weighted by Gasteiger charge is -2.18. The highest BCUT2D eigenvalue weighted by atomic mass is 19.4. The van der Waals surface area contributed by atoms with Crippen molar-refractivity contribution < 1.29 is 32.2 Å². The number of halogens is 3. The van der Waals surface area contributed by atoms with Crippen LogP contribution in [0.25, 0.3) is 0 Å². The maximum atomic E-state index is 13.1. The topological polar surface area (TPSA) is 85.9 Å². The fourth-order valence-corrected chi connectivity index (χ4v) is 2.57. The summed E-state index contributed by atoms with van der Waals surface area (Å²) in [7, 11) is 0. The smallest absolute Gasteiger partial charge is 0.416 e. The van der Waals surface area contributed by atoms with Crippen molar-refractivity contribution in [2.75, 3.05) is 11.6 Å². The van der Waals surface area contributed by atoms with Gasteiger partial charge in [-0.1, -0.05) is 36.4 Å². The van der Waals surface area contributed by atoms with E-state index >= 15 is 0 Å². The second-order valence-electron chi connectivity index (χ2n) is 6.43. The number of benzene rings is 2. The van der Waals surface area contributed by atoms with Crippen molar-refractivity contribution in [3.8, 4) is 0 Å². The molecule has 2 aromatic carbocycles. The monoisotopic (exact) mass is 443 g/mol. The summed E-state index contributed by atoms with van der Waals surface area (Å²) in [6.07, 6.45) is -1.16. The Labute approximate surface area is 180 Å². The molecule has 0 bridgehead atoms. The largest absolute Gasteiger partial charge is 0.619 e. The Balaban J connectivity index is 1.83. The summed E-state index contributed by atoms with van der Waals surface area (Å²) in [5.41, 5.74) is -0.483. The molecule has 0 aliphatic heterocycles. The molecular weight excluding hydrogens is 427 g/mol. The number of carbonyl (C=O) groups excluding carboxylic acids is 2. The summed E-state index contributed by atoms with van der Waals surface area (Å²) >= 11 is 0. The van der Waals surface area contributed by atoms with Gasteiger partial charge in [0.05, 0.1) is 23.0 Å². The summed E-state index contributed by atoms with van der Waals surface area (Å²) in [6.45, 7) is -0.784. The van der Waals surface area contributed by atoms with Crippen LogP contribution in [0.15, 0.2) is 84.2 Å². The number of hydrogen-bond donors (Lipinski definition) is 0. The van der Waals surface area contributed by atoms with Gasteiger partial charge >= 0.3 is 12.1 Å². The first-order chi connectivity index (χ1) is 15.2. The van der Waals surface area contributed by atoms with Crippen molar-refractivity contribution in [3.05, 3.63) is 101 Å². The lowest BCUT2D eigenvalue weighted by molar-refractivity contribution is -0.605. The van der Waals surface area contributed by atoms with E-state index < -0.39 is 30.2 Å². The number of hydrogen-bond acceptors (Lipinski definition) is 5. The molecule has 1 heterocycles. The molecule has 164 valence electrons. The predicted molar refractivity (Wildman–Crippen MR) is 109 cm³/mol. The van der Waals surface area contributed by atoms with Gasteiger partial charge in [-0.15, -0.1) is 0 Å². The fraction of sp³-hybridized carbons (Fsp3) is 0.0909. The Morgan fingerprint density at radius 2 is 1.72 bits per heavy atom. The molecule has 0 fully saturated rings. The third kappa shape index (κ3) is 5.91. The lowest BCUT2D eigenvalue weighted by Crippen LogP contribution is -2.31. The summed E-state index contributed by atoms with van der Waals surface area (Å²) in [5.74, 6) is -1.75. The van der Waals surface area contributed by atoms with Gasteiger partial charge in [0, 0.05) is 12.1 Å². The Morgan fingerprint density at radius 1 is 1.03 bits per heavy atom. The third-order valence-corrected chi connectivity index (χ3v) is 4.14. The number of amides is 1. The van der Waals surface area contributed by atoms with Crippen LogP contribution >= 0.6 is 0 Å². The molecule has 32 heavy (non-hydrogen) atoms. The molecule has 10 heteroatoms. The van der Waals surface area contributed by atoms with Gasteiger partial charge in [-0.2, -0.15) is 28.0 Å². The Morgan fingerprint density at radius 3 is 2.38 bits per heavy atom. The number of esters is 1. The first-order valence-electron chi connectivity index (χ1n) is 9.19. The predicted octanol–water partition coefficient (Wildman–Crippen LogP) is 3.56. The van der Waals surface area contributed by atoms with Crippen LogP contribution in [0.3, 0.4) is 0 Å². The zero-order valence-electron chi connectivity index (χ0n) is 16.4. The second kappa shape index (κ2) is 9.73. The molecule has 1 amide bonds. The minimum Gasteiger partial charge on any atom is -0.619 e. The molecule has 0 spiro atoms. The fourth-order valence-electron chi connectivity index (χ4n) is 2.57. The van der Waals surface area contributed by atoms with Crippen LogP contribution < -0.4 is 9.74 Å². The van der Waals surface area contributed by atoms with E-state index in [0.717, 1.165) is 35.6 Å². The van der Waals surface area contributed by atoms with E-state index in [0.29, 0.717) is 10.3 Å². The minimum atomic E-state index is -4.62. The van der Waals surface area contributed by atoms with E-state index in [1.807, 2.05) is 0 Å². The molecule has 0 aliphatic rings. The van der Waals surface area contributed by atoms with Crippen molar-refractivity contribution in [2.45, 2.75) is 6.18 Å². The number of carbonyl (C=O) groups is 2. The number of alkyl halides is 3. The normalized spacial score (nSPS) is 11.3. The molecule has 0 aliphatic carbocycles. The van der Waals surface area contributed by atoms with E-state index in [1.165, 1.54) is 24.4 Å². The van der Waals surface area contributed by atoms with Gasteiger partial charge in [0.1, 0.15) is 0 Å². The van der Waals surface area contributed by atoms with Crippen molar-refractivity contribution >= 4 is 23.8 Å². The molecule has 1 aromatic heterocycles. The lowest BCUT2D eigenvalue weighted by atomic mass is 10.2. The van der Waals surface area contributed by atoms with E-state index in [1.54, 1.807) is 30.3 Å². The highest BCUT2D eigenvalue weighted by Crippen LogP contribution is 2.31. The van der Waals surface area contributed by atoms with Gasteiger partial charge in [0.15, 0.2) is 19.0 Å². The molecule has 0 saturated heterocycles. The standard InChI is InChI=1S/C22H16F3N3O4/c23-22(24,25)18-7-4-8-19(13-18)28(26-14-16-5-2-1-3-6-16)20(29)15-32-21(30)17-9-11-27(31)12-10-17/h1-14H,15H2/b26-14-. The third-order valence-electron chi connectivity index (χ3n) is 4.14. The summed E-state index contributed by atoms with van der Waals surface area (Å²) in [5, 5.41) is 15.8. The Bertz CT molecular complexity index is 1120. The molecule has 3 rings (SSSR count). The SMILES string of the molecule is O=C(OCC(=O)N(/N=C\c1ccccc1)c1cccc(C(F)(F)F)c1)c1cc[n+]([O-])cc1. The molecular formula is C22H16F3N3O4. The Hall–Kier alpha value is -4.21. The quantitative estimate of drug-likeness (QED) is 0.192. The van der Waals surface area contributed by atoms with Crippen LogP contribution in [0.4, 0.5) is 18.9 Å². The highest BCUT2D eigenvalue weighted by Gasteiger charge is 2.31. The average Bonchev–Trinajstić information content (AvgIpc) is 2.78. The van der Waals surface area contributed by atoms with Crippen LogP contribution in [0, 0.1) is 5.21 Å². The van der Waals surface area contributed by atoms with E-state index in [4.69, 9.17) is 4.74 Å². The first-order valence-corrected chi connectivity index (χ1v) is 9.19. The van der Waals surface area contributed by atoms with Gasteiger partial charge in [0.25, 0.3) is 5.91 Å². The molecule has 3 aromatic rings. The number of pyridine rings is 1. The van der Waals surface area contributed by atoms with Crippen molar-refractivity contribution in [1.82, 2.24) is 0 Å². The van der Waals surface area contributed by atoms with Crippen LogP contribution in [0.2, 0.25) is 0 Å². The number of rotatable bonds is 6. The van der Waals surface area contributed by atoms with Crippen LogP contribution in [0.1, 0.15) is 21.5 Å². The van der Waals surface area contributed by atoms with Crippen LogP contribution in [-0.4, -0.2) is 24.7 Å². The first kappa shape index (κ1) is 22.5. The van der Waals surface area contributed by atoms with Crippen molar-refractivity contribution in [3.63, 3.8) is 0 Å². The number of aromatic nitrogens is 1. The number of hydrazone groups is 1. The zero-order valence-corrected chi connectivity index (χ0v) is 16.4. The number of ether oxygens (including phenoxy) is 1. The van der Waals surface area contributed by atoms with Crippen LogP contribution in [-0.2, 0) is 15.7 Å². The van der Waals surface area contributed by atoms with E-state index in [2.05, 4.69) is 5.10 Å². The second-order valence-corrected chi connectivity index (χ2v) is 6.43. The molecule has 0 unspecified atom stereocenters. The average molecular weight is 443 g/mol. The minimum absolute atomic E-state index is 0.0308. The van der Waals surface area contributed by atoms with E-state index in [9.17, 15) is 28.0 Å². The number of nitrogens with zero attached hydrogens (tertiary/aromatic N) is 3. The van der Waals surface area contributed by atoms with E-state index in [-0.39, 0.29) is 11.3 Å². The van der Waals surface area contributed by atoms with Gasteiger partial charge in [0.2, 0.25) is 0 Å². The van der Waals surface area contributed by atoms with Gasteiger partial charge in [-0.3, -0.25) is 4.79 Å². The van der Waals surface area contributed by atoms with Gasteiger partial charge < -0.3 is 9.94 Å². The van der Waals surface area contributed by atoms with Gasteiger partial charge in [-0.25, -0.2) is 4.79 Å². The molecule has 7 nitrogen and oxygen atoms in total. The molecule has 0 N–H and O–H groups in total.